The van der Waals surface area contributed by atoms with Crippen molar-refractivity contribution in [2.75, 3.05) is 19.6 Å². The molecule has 3 aromatic rings. The summed E-state index contributed by atoms with van der Waals surface area (Å²) in [6.45, 7) is 5.32. The van der Waals surface area contributed by atoms with Crippen molar-refractivity contribution in [1.82, 2.24) is 9.47 Å². The van der Waals surface area contributed by atoms with Gasteiger partial charge in [-0.3, -0.25) is 9.36 Å². The molecule has 2 aromatic carbocycles. The highest BCUT2D eigenvalue weighted by Gasteiger charge is 2.22. The van der Waals surface area contributed by atoms with Crippen LogP contribution in [0.5, 0.6) is 0 Å². The number of rotatable bonds is 7. The summed E-state index contributed by atoms with van der Waals surface area (Å²) >= 11 is 0. The lowest BCUT2D eigenvalue weighted by atomic mass is 9.85. The van der Waals surface area contributed by atoms with E-state index in [0.717, 1.165) is 73.6 Å². The first-order valence-electron chi connectivity index (χ1n) is 11.5. The minimum atomic E-state index is 0.184. The Hall–Kier alpha value is -2.90. The quantitative estimate of drug-likeness (QED) is 0.453. The fraction of sp³-hybridized carbons (Fsp3) is 0.407. The molecule has 4 nitrogen and oxygen atoms in total. The topological polar surface area (TPSA) is 49.0 Å². The molecule has 0 saturated carbocycles. The average molecular weight is 414 g/mol. The number of likely N-dealkylation sites (tertiary alicyclic amines) is 1. The maximum atomic E-state index is 12.5. The molecule has 0 bridgehead atoms. The molecule has 0 aliphatic carbocycles. The molecule has 1 saturated heterocycles. The highest BCUT2D eigenvalue weighted by Crippen LogP contribution is 2.31. The first-order valence-corrected chi connectivity index (χ1v) is 11.5. The van der Waals surface area contributed by atoms with Crippen molar-refractivity contribution in [3.63, 3.8) is 0 Å². The largest absolute Gasteiger partial charge is 0.303 e. The third-order valence-corrected chi connectivity index (χ3v) is 6.65. The van der Waals surface area contributed by atoms with E-state index in [4.69, 9.17) is 0 Å². The van der Waals surface area contributed by atoms with Crippen LogP contribution in [0.2, 0.25) is 0 Å². The SMILES string of the molecule is Cc1cccc(C2CCN(CCCCCC(=O)n3cc4ccccc4c3)CC2)c1C#N. The zero-order valence-electron chi connectivity index (χ0n) is 18.4. The van der Waals surface area contributed by atoms with Crippen LogP contribution in [0.1, 0.15) is 65.9 Å². The Morgan fingerprint density at radius 2 is 1.71 bits per heavy atom. The summed E-state index contributed by atoms with van der Waals surface area (Å²) in [5.41, 5.74) is 3.20. The normalized spacial score (nSPS) is 15.2. The molecule has 2 heterocycles. The predicted octanol–water partition coefficient (Wildman–Crippen LogP) is 5.90. The molecular formula is C27H31N3O. The van der Waals surface area contributed by atoms with Crippen LogP contribution < -0.4 is 0 Å². The van der Waals surface area contributed by atoms with Crippen LogP contribution in [-0.2, 0) is 0 Å². The second-order valence-corrected chi connectivity index (χ2v) is 8.77. The number of aryl methyl sites for hydroxylation is 1. The predicted molar refractivity (Wildman–Crippen MR) is 125 cm³/mol. The van der Waals surface area contributed by atoms with Gasteiger partial charge in [0.05, 0.1) is 11.6 Å². The van der Waals surface area contributed by atoms with Crippen molar-refractivity contribution in [2.45, 2.75) is 51.4 Å². The molecule has 1 aliphatic rings. The summed E-state index contributed by atoms with van der Waals surface area (Å²) in [7, 11) is 0. The maximum Gasteiger partial charge on any atom is 0.230 e. The Bertz CT molecular complexity index is 1050. The molecule has 1 aliphatic heterocycles. The van der Waals surface area contributed by atoms with Gasteiger partial charge in [-0.05, 0) is 80.1 Å². The van der Waals surface area contributed by atoms with Crippen LogP contribution in [0.3, 0.4) is 0 Å². The van der Waals surface area contributed by atoms with Gasteiger partial charge in [-0.25, -0.2) is 0 Å². The standard InChI is InChI=1S/C27H31N3O/c1-21-8-7-11-25(26(21)18-28)22-13-16-29(17-14-22)15-6-2-3-12-27(31)30-19-23-9-4-5-10-24(23)20-30/h4-5,7-11,19-20,22H,2-3,6,12-17H2,1H3. The number of aromatic nitrogens is 1. The van der Waals surface area contributed by atoms with Crippen molar-refractivity contribution in [1.29, 1.82) is 5.26 Å². The number of hydrogen-bond donors (Lipinski definition) is 0. The number of unbranched alkanes of at least 4 members (excludes halogenated alkanes) is 2. The van der Waals surface area contributed by atoms with E-state index >= 15 is 0 Å². The molecule has 160 valence electrons. The number of carbonyl (C=O) groups is 1. The van der Waals surface area contributed by atoms with Crippen LogP contribution in [0, 0.1) is 18.3 Å². The Balaban J connectivity index is 1.17. The van der Waals surface area contributed by atoms with E-state index in [1.165, 1.54) is 5.56 Å². The molecular weight excluding hydrogens is 382 g/mol. The lowest BCUT2D eigenvalue weighted by Crippen LogP contribution is -2.33. The molecule has 0 spiro atoms. The molecule has 0 unspecified atom stereocenters. The highest BCUT2D eigenvalue weighted by atomic mass is 16.1. The summed E-state index contributed by atoms with van der Waals surface area (Å²) in [5.74, 6) is 0.684. The van der Waals surface area contributed by atoms with Crippen molar-refractivity contribution < 1.29 is 4.79 Å². The number of piperidine rings is 1. The van der Waals surface area contributed by atoms with E-state index in [2.05, 4.69) is 23.1 Å². The van der Waals surface area contributed by atoms with Crippen LogP contribution in [0.4, 0.5) is 0 Å². The van der Waals surface area contributed by atoms with Gasteiger partial charge in [0.25, 0.3) is 0 Å². The number of nitriles is 1. The molecule has 0 amide bonds. The smallest absolute Gasteiger partial charge is 0.230 e. The fourth-order valence-corrected chi connectivity index (χ4v) is 4.80. The molecule has 1 fully saturated rings. The Labute approximate surface area is 185 Å². The van der Waals surface area contributed by atoms with E-state index in [1.54, 1.807) is 4.57 Å². The van der Waals surface area contributed by atoms with Gasteiger partial charge in [0.15, 0.2) is 0 Å². The van der Waals surface area contributed by atoms with Crippen LogP contribution in [-0.4, -0.2) is 35.0 Å². The van der Waals surface area contributed by atoms with Gasteiger partial charge in [-0.1, -0.05) is 48.9 Å². The van der Waals surface area contributed by atoms with Crippen molar-refractivity contribution >= 4 is 16.7 Å². The Morgan fingerprint density at radius 3 is 2.39 bits per heavy atom. The van der Waals surface area contributed by atoms with Crippen molar-refractivity contribution in [3.8, 4) is 6.07 Å². The lowest BCUT2D eigenvalue weighted by Gasteiger charge is -2.32. The second kappa shape index (κ2) is 9.94. The second-order valence-electron chi connectivity index (χ2n) is 8.77. The molecule has 1 aromatic heterocycles. The van der Waals surface area contributed by atoms with Crippen LogP contribution in [0.15, 0.2) is 54.9 Å². The summed E-state index contributed by atoms with van der Waals surface area (Å²) in [6, 6.07) is 16.7. The molecule has 31 heavy (non-hydrogen) atoms. The van der Waals surface area contributed by atoms with Gasteiger partial charge < -0.3 is 4.90 Å². The molecule has 0 N–H and O–H groups in total. The van der Waals surface area contributed by atoms with E-state index in [-0.39, 0.29) is 5.91 Å². The van der Waals surface area contributed by atoms with Gasteiger partial charge in [0, 0.05) is 18.8 Å². The Morgan fingerprint density at radius 1 is 1.00 bits per heavy atom. The van der Waals surface area contributed by atoms with Crippen molar-refractivity contribution in [2.24, 2.45) is 0 Å². The number of fused-ring (bicyclic) bond motifs is 1. The minimum Gasteiger partial charge on any atom is -0.303 e. The van der Waals surface area contributed by atoms with E-state index in [0.29, 0.717) is 12.3 Å². The minimum absolute atomic E-state index is 0.184. The zero-order valence-corrected chi connectivity index (χ0v) is 18.4. The zero-order chi connectivity index (χ0) is 21.6. The van der Waals surface area contributed by atoms with Crippen molar-refractivity contribution in [3.05, 3.63) is 71.5 Å². The summed E-state index contributed by atoms with van der Waals surface area (Å²) < 4.78 is 1.75. The fourth-order valence-electron chi connectivity index (χ4n) is 4.80. The first-order chi connectivity index (χ1) is 15.2. The van der Waals surface area contributed by atoms with E-state index < -0.39 is 0 Å². The molecule has 4 rings (SSSR count). The van der Waals surface area contributed by atoms with Gasteiger partial charge >= 0.3 is 0 Å². The highest BCUT2D eigenvalue weighted by molar-refractivity contribution is 5.89. The lowest BCUT2D eigenvalue weighted by molar-refractivity contribution is 0.0899. The van der Waals surface area contributed by atoms with E-state index in [9.17, 15) is 10.1 Å². The average Bonchev–Trinajstić information content (AvgIpc) is 3.23. The first kappa shape index (κ1) is 21.3. The third-order valence-electron chi connectivity index (χ3n) is 6.65. The number of benzene rings is 2. The summed E-state index contributed by atoms with van der Waals surface area (Å²) in [4.78, 5) is 15.0. The van der Waals surface area contributed by atoms with Gasteiger partial charge in [-0.15, -0.1) is 0 Å². The monoisotopic (exact) mass is 413 g/mol. The molecule has 0 atom stereocenters. The molecule has 0 radical (unpaired) electrons. The van der Waals surface area contributed by atoms with Crippen LogP contribution >= 0.6 is 0 Å². The van der Waals surface area contributed by atoms with Gasteiger partial charge in [0.1, 0.15) is 0 Å². The van der Waals surface area contributed by atoms with Gasteiger partial charge in [0.2, 0.25) is 5.91 Å². The molecule has 4 heteroatoms. The maximum absolute atomic E-state index is 12.5. The third kappa shape index (κ3) is 5.06. The number of carbonyl (C=O) groups excluding carboxylic acids is 1. The number of nitrogens with zero attached hydrogens (tertiary/aromatic N) is 3. The van der Waals surface area contributed by atoms with Crippen LogP contribution in [0.25, 0.3) is 10.8 Å². The summed E-state index contributed by atoms with van der Waals surface area (Å²) in [5, 5.41) is 11.7. The number of hydrogen-bond acceptors (Lipinski definition) is 3. The van der Waals surface area contributed by atoms with Gasteiger partial charge in [-0.2, -0.15) is 5.26 Å². The van der Waals surface area contributed by atoms with E-state index in [1.807, 2.05) is 49.6 Å². The summed E-state index contributed by atoms with van der Waals surface area (Å²) in [6.07, 6.45) is 9.89. The Kier molecular flexibility index (Phi) is 6.84.